The fraction of sp³-hybridized carbons (Fsp3) is 0.0526. The van der Waals surface area contributed by atoms with E-state index in [-0.39, 0.29) is 17.1 Å². The van der Waals surface area contributed by atoms with E-state index >= 15 is 0 Å². The van der Waals surface area contributed by atoms with Crippen molar-refractivity contribution in [1.82, 2.24) is 4.98 Å². The van der Waals surface area contributed by atoms with Gasteiger partial charge < -0.3 is 14.8 Å². The van der Waals surface area contributed by atoms with Crippen LogP contribution < -0.4 is 19.5 Å². The third kappa shape index (κ3) is 4.05. The molecule has 25 heavy (non-hydrogen) atoms. The molecule has 3 aromatic rings. The first-order valence-electron chi connectivity index (χ1n) is 7.45. The van der Waals surface area contributed by atoms with Crippen molar-refractivity contribution in [3.05, 3.63) is 79.2 Å². The van der Waals surface area contributed by atoms with Gasteiger partial charge in [0.1, 0.15) is 11.5 Å². The summed E-state index contributed by atoms with van der Waals surface area (Å²) in [6, 6.07) is 13.4. The summed E-state index contributed by atoms with van der Waals surface area (Å²) in [5, 5.41) is 9.49. The molecule has 0 spiro atoms. The second-order valence-electron chi connectivity index (χ2n) is 5.26. The molecule has 1 heterocycles. The Bertz CT molecular complexity index is 1080. The molecule has 0 saturated carbocycles. The highest BCUT2D eigenvalue weighted by Crippen LogP contribution is 2.12. The number of nitrogens with one attached hydrogen (secondary N) is 1. The molecule has 0 aliphatic heterocycles. The number of carbonyl (C=O) groups excluding carboxylic acids is 1. The Morgan fingerprint density at radius 1 is 1.20 bits per heavy atom. The van der Waals surface area contributed by atoms with E-state index < -0.39 is 0 Å². The molecule has 1 aromatic heterocycles. The predicted molar refractivity (Wildman–Crippen MR) is 97.7 cm³/mol. The molecule has 0 unspecified atom stereocenters. The van der Waals surface area contributed by atoms with Crippen LogP contribution >= 0.6 is 11.3 Å². The largest absolute Gasteiger partial charge is 0.508 e. The van der Waals surface area contributed by atoms with Gasteiger partial charge in [0.25, 0.3) is 5.56 Å². The summed E-state index contributed by atoms with van der Waals surface area (Å²) >= 11 is 1.18. The average molecular weight is 353 g/mol. The Hall–Kier alpha value is -3.12. The topological polar surface area (TPSA) is 79.4 Å². The first-order chi connectivity index (χ1) is 12.0. The highest BCUT2D eigenvalue weighted by molar-refractivity contribution is 7.07. The number of thiazole rings is 1. The number of ether oxygens (including phenoxy) is 1. The Morgan fingerprint density at radius 3 is 2.64 bits per heavy atom. The molecule has 0 atom stereocenters. The SMILES string of the molecule is COc1ccc(C(=O)C=c2[nH]c(=O)c(=Cc3cccc(O)c3)s2)cc1. The van der Waals surface area contributed by atoms with E-state index in [1.165, 1.54) is 17.4 Å². The number of H-pyrrole nitrogens is 1. The minimum absolute atomic E-state index is 0.128. The third-order valence-corrected chi connectivity index (χ3v) is 4.45. The number of hydrogen-bond acceptors (Lipinski definition) is 5. The van der Waals surface area contributed by atoms with Crippen LogP contribution in [0, 0.1) is 0 Å². The molecule has 0 fully saturated rings. The lowest BCUT2D eigenvalue weighted by molar-refractivity contribution is 0.106. The van der Waals surface area contributed by atoms with Crippen LogP contribution in [0.2, 0.25) is 0 Å². The van der Waals surface area contributed by atoms with Crippen LogP contribution in [-0.4, -0.2) is 23.0 Å². The molecule has 6 heteroatoms. The van der Waals surface area contributed by atoms with Gasteiger partial charge in [-0.3, -0.25) is 9.59 Å². The van der Waals surface area contributed by atoms with Crippen LogP contribution in [0.25, 0.3) is 12.2 Å². The van der Waals surface area contributed by atoms with Gasteiger partial charge in [0.2, 0.25) is 0 Å². The number of ketones is 1. The standard InChI is InChI=1S/C19H15NO4S/c1-24-15-7-5-13(6-8-15)16(22)11-18-20-19(23)17(25-18)10-12-3-2-4-14(21)9-12/h2-11,21H,1H3,(H,20,23). The third-order valence-electron chi connectivity index (χ3n) is 3.49. The van der Waals surface area contributed by atoms with E-state index in [1.54, 1.807) is 61.7 Å². The van der Waals surface area contributed by atoms with Gasteiger partial charge in [-0.1, -0.05) is 12.1 Å². The minimum Gasteiger partial charge on any atom is -0.508 e. The van der Waals surface area contributed by atoms with Crippen LogP contribution in [-0.2, 0) is 0 Å². The Balaban J connectivity index is 1.94. The maximum Gasteiger partial charge on any atom is 0.266 e. The van der Waals surface area contributed by atoms with Crippen molar-refractivity contribution in [3.63, 3.8) is 0 Å². The van der Waals surface area contributed by atoms with Crippen molar-refractivity contribution in [2.45, 2.75) is 0 Å². The average Bonchev–Trinajstić information content (AvgIpc) is 2.94. The summed E-state index contributed by atoms with van der Waals surface area (Å²) in [5.74, 6) is 0.594. The number of aromatic nitrogens is 1. The summed E-state index contributed by atoms with van der Waals surface area (Å²) < 4.78 is 5.99. The van der Waals surface area contributed by atoms with Crippen molar-refractivity contribution in [1.29, 1.82) is 0 Å². The van der Waals surface area contributed by atoms with Gasteiger partial charge in [-0.2, -0.15) is 0 Å². The first kappa shape index (κ1) is 16.7. The predicted octanol–water partition coefficient (Wildman–Crippen LogP) is 1.64. The van der Waals surface area contributed by atoms with Gasteiger partial charge in [0.05, 0.1) is 16.3 Å². The molecule has 5 nitrogen and oxygen atoms in total. The maximum atomic E-state index is 12.3. The van der Waals surface area contributed by atoms with Gasteiger partial charge in [-0.05, 0) is 48.0 Å². The van der Waals surface area contributed by atoms with E-state index in [2.05, 4.69) is 4.98 Å². The van der Waals surface area contributed by atoms with Crippen LogP contribution in [0.5, 0.6) is 11.5 Å². The van der Waals surface area contributed by atoms with E-state index in [0.717, 1.165) is 0 Å². The molecule has 0 radical (unpaired) electrons. The number of carbonyl (C=O) groups is 1. The first-order valence-corrected chi connectivity index (χ1v) is 8.27. The molecular formula is C19H15NO4S. The molecule has 0 bridgehead atoms. The molecular weight excluding hydrogens is 338 g/mol. The van der Waals surface area contributed by atoms with Crippen molar-refractivity contribution in [3.8, 4) is 11.5 Å². The quantitative estimate of drug-likeness (QED) is 0.699. The number of phenols is 1. The summed E-state index contributed by atoms with van der Waals surface area (Å²) in [6.45, 7) is 0. The second-order valence-corrected chi connectivity index (χ2v) is 6.34. The van der Waals surface area contributed by atoms with Crippen molar-refractivity contribution >= 4 is 29.3 Å². The number of aromatic hydroxyl groups is 1. The van der Waals surface area contributed by atoms with Crippen LogP contribution in [0.3, 0.4) is 0 Å². The second kappa shape index (κ2) is 7.19. The zero-order chi connectivity index (χ0) is 17.8. The molecule has 2 N–H and O–H groups in total. The van der Waals surface area contributed by atoms with Crippen molar-refractivity contribution in [2.24, 2.45) is 0 Å². The lowest BCUT2D eigenvalue weighted by atomic mass is 10.1. The molecule has 0 amide bonds. The Morgan fingerprint density at radius 2 is 1.96 bits per heavy atom. The van der Waals surface area contributed by atoms with Crippen LogP contribution in [0.4, 0.5) is 0 Å². The zero-order valence-electron chi connectivity index (χ0n) is 13.4. The summed E-state index contributed by atoms with van der Waals surface area (Å²) in [4.78, 5) is 27.0. The molecule has 126 valence electrons. The van der Waals surface area contributed by atoms with E-state index in [4.69, 9.17) is 4.74 Å². The van der Waals surface area contributed by atoms with E-state index in [0.29, 0.717) is 26.1 Å². The van der Waals surface area contributed by atoms with Crippen molar-refractivity contribution < 1.29 is 14.6 Å². The molecule has 0 saturated heterocycles. The van der Waals surface area contributed by atoms with Gasteiger partial charge in [-0.15, -0.1) is 11.3 Å². The number of rotatable bonds is 4. The van der Waals surface area contributed by atoms with Gasteiger partial charge in [0.15, 0.2) is 5.78 Å². The summed E-state index contributed by atoms with van der Waals surface area (Å²) in [5.41, 5.74) is 0.941. The fourth-order valence-corrected chi connectivity index (χ4v) is 3.13. The van der Waals surface area contributed by atoms with E-state index in [1.807, 2.05) is 0 Å². The van der Waals surface area contributed by atoms with Gasteiger partial charge in [0, 0.05) is 11.6 Å². The van der Waals surface area contributed by atoms with Crippen LogP contribution in [0.1, 0.15) is 15.9 Å². The fourth-order valence-electron chi connectivity index (χ4n) is 2.25. The normalized spacial score (nSPS) is 12.4. The van der Waals surface area contributed by atoms with Crippen molar-refractivity contribution in [2.75, 3.05) is 7.11 Å². The highest BCUT2D eigenvalue weighted by atomic mass is 32.1. The van der Waals surface area contributed by atoms with Gasteiger partial charge in [-0.25, -0.2) is 0 Å². The zero-order valence-corrected chi connectivity index (χ0v) is 14.2. The molecule has 0 aliphatic rings. The summed E-state index contributed by atoms with van der Waals surface area (Å²) in [6.07, 6.45) is 3.06. The monoisotopic (exact) mass is 353 g/mol. The smallest absolute Gasteiger partial charge is 0.266 e. The number of methoxy groups -OCH3 is 1. The summed E-state index contributed by atoms with van der Waals surface area (Å²) in [7, 11) is 1.56. The van der Waals surface area contributed by atoms with E-state index in [9.17, 15) is 14.7 Å². The number of Topliss-reactive ketones (excluding diaryl/α,β-unsaturated/α-hetero) is 1. The highest BCUT2D eigenvalue weighted by Gasteiger charge is 2.04. The van der Waals surface area contributed by atoms with Gasteiger partial charge >= 0.3 is 0 Å². The minimum atomic E-state index is -0.276. The number of aromatic amines is 1. The van der Waals surface area contributed by atoms with Crippen LogP contribution in [0.15, 0.2) is 53.3 Å². The maximum absolute atomic E-state index is 12.3. The molecule has 2 aromatic carbocycles. The number of benzene rings is 2. The lowest BCUT2D eigenvalue weighted by Gasteiger charge is -1.99. The number of phenolic OH excluding ortho intramolecular Hbond substituents is 1. The molecule has 3 rings (SSSR count). The number of hydrogen-bond donors (Lipinski definition) is 2. The Kier molecular flexibility index (Phi) is 4.81. The molecule has 0 aliphatic carbocycles. The lowest BCUT2D eigenvalue weighted by Crippen LogP contribution is -2.19. The Labute approximate surface area is 147 Å².